The normalized spacial score (nSPS) is 17.1. The van der Waals surface area contributed by atoms with Crippen LogP contribution < -0.4 is 20.9 Å². The van der Waals surface area contributed by atoms with E-state index in [-0.39, 0.29) is 16.7 Å². The van der Waals surface area contributed by atoms with Gasteiger partial charge < -0.3 is 30.7 Å². The Morgan fingerprint density at radius 1 is 1.34 bits per heavy atom. The number of nitrogens with zero attached hydrogens (tertiary/aromatic N) is 7. The molecular weight excluding hydrogens is 476 g/mol. The second-order valence-electron chi connectivity index (χ2n) is 7.63. The number of hydrogen-bond acceptors (Lipinski definition) is 10. The summed E-state index contributed by atoms with van der Waals surface area (Å²) in [5.74, 6) is 0.553. The molecule has 0 radical (unpaired) electrons. The molecule has 0 aliphatic carbocycles. The Balaban J connectivity index is 1.72. The largest absolute Gasteiger partial charge is 0.465 e. The van der Waals surface area contributed by atoms with Crippen molar-refractivity contribution in [2.45, 2.75) is 19.1 Å². The zero-order chi connectivity index (χ0) is 25.1. The van der Waals surface area contributed by atoms with Crippen molar-refractivity contribution in [3.8, 4) is 12.1 Å². The van der Waals surface area contributed by atoms with Crippen LogP contribution in [0.3, 0.4) is 0 Å². The molecule has 0 saturated carbocycles. The molecule has 14 heteroatoms. The number of rotatable bonds is 7. The fourth-order valence-corrected chi connectivity index (χ4v) is 4.19. The molecule has 4 rings (SSSR count). The number of carbonyl (C=O) groups is 1. The van der Waals surface area contributed by atoms with E-state index in [9.17, 15) is 15.3 Å². The Morgan fingerprint density at radius 2 is 2.14 bits per heavy atom. The van der Waals surface area contributed by atoms with E-state index in [1.807, 2.05) is 17.9 Å². The number of ether oxygens (including phenoxy) is 1. The standard InChI is InChI=1S/C21H21ClN10O3/c1-3-25-18-19-26-8-12(7-24)32(19)30-20(29-18)27-13-4-11(6-23)5-15(17(13)22)31-9-14(28-21(33)34)16(10-31)35-2/h4-5,8,14,16,28H,3,9-10H2,1-2H3,(H,33,34)(H2,25,27,29,30)/t14-,16-/m0/s1. The number of carboxylic acid groups (broad SMARTS) is 1. The maximum Gasteiger partial charge on any atom is 0.405 e. The first-order valence-corrected chi connectivity index (χ1v) is 10.9. The lowest BCUT2D eigenvalue weighted by atomic mass is 10.1. The molecule has 0 spiro atoms. The van der Waals surface area contributed by atoms with E-state index >= 15 is 0 Å². The molecule has 4 N–H and O–H groups in total. The van der Waals surface area contributed by atoms with Gasteiger partial charge in [0.15, 0.2) is 17.2 Å². The van der Waals surface area contributed by atoms with Crippen LogP contribution in [0, 0.1) is 22.7 Å². The summed E-state index contributed by atoms with van der Waals surface area (Å²) in [6.07, 6.45) is -0.154. The number of hydrogen-bond donors (Lipinski definition) is 4. The van der Waals surface area contributed by atoms with Gasteiger partial charge in [0.1, 0.15) is 6.07 Å². The van der Waals surface area contributed by atoms with E-state index < -0.39 is 18.2 Å². The van der Waals surface area contributed by atoms with Crippen LogP contribution in [0.25, 0.3) is 5.65 Å². The third-order valence-electron chi connectivity index (χ3n) is 5.47. The molecule has 13 nitrogen and oxygen atoms in total. The Hall–Kier alpha value is -4.33. The van der Waals surface area contributed by atoms with Gasteiger partial charge in [-0.3, -0.25) is 0 Å². The zero-order valence-corrected chi connectivity index (χ0v) is 19.5. The van der Waals surface area contributed by atoms with E-state index in [2.05, 4.69) is 37.1 Å². The lowest BCUT2D eigenvalue weighted by molar-refractivity contribution is 0.0949. The maximum atomic E-state index is 11.2. The average Bonchev–Trinajstić information content (AvgIpc) is 3.43. The number of methoxy groups -OCH3 is 1. The van der Waals surface area contributed by atoms with Crippen LogP contribution in [0.1, 0.15) is 18.2 Å². The predicted molar refractivity (Wildman–Crippen MR) is 127 cm³/mol. The van der Waals surface area contributed by atoms with E-state index in [0.29, 0.717) is 48.0 Å². The van der Waals surface area contributed by atoms with Gasteiger partial charge in [0.25, 0.3) is 0 Å². The lowest BCUT2D eigenvalue weighted by Gasteiger charge is -2.22. The van der Waals surface area contributed by atoms with Crippen LogP contribution in [-0.4, -0.2) is 69.7 Å². The zero-order valence-electron chi connectivity index (χ0n) is 18.8. The average molecular weight is 497 g/mol. The molecule has 1 fully saturated rings. The van der Waals surface area contributed by atoms with Crippen molar-refractivity contribution in [3.05, 3.63) is 34.6 Å². The molecule has 0 bridgehead atoms. The van der Waals surface area contributed by atoms with Crippen molar-refractivity contribution in [1.29, 1.82) is 10.5 Å². The third-order valence-corrected chi connectivity index (χ3v) is 5.87. The molecule has 1 amide bonds. The van der Waals surface area contributed by atoms with E-state index in [1.54, 1.807) is 12.1 Å². The highest BCUT2D eigenvalue weighted by Gasteiger charge is 2.35. The molecule has 1 aliphatic heterocycles. The number of aromatic nitrogens is 4. The van der Waals surface area contributed by atoms with Crippen LogP contribution in [0.5, 0.6) is 0 Å². The molecular formula is C21H21ClN10O3. The molecule has 0 unspecified atom stereocenters. The number of nitrogens with one attached hydrogen (secondary N) is 3. The summed E-state index contributed by atoms with van der Waals surface area (Å²) in [5, 5.41) is 41.4. The molecule has 1 saturated heterocycles. The van der Waals surface area contributed by atoms with Gasteiger partial charge in [0.05, 0.1) is 46.4 Å². The van der Waals surface area contributed by atoms with Gasteiger partial charge in [-0.2, -0.15) is 20.0 Å². The second-order valence-corrected chi connectivity index (χ2v) is 8.01. The molecule has 2 aromatic heterocycles. The lowest BCUT2D eigenvalue weighted by Crippen LogP contribution is -2.42. The SMILES string of the molecule is CCNc1nc(Nc2cc(C#N)cc(N3C[C@H](NC(=O)O)[C@@H](OC)C3)c2Cl)nn2c(C#N)cnc12. The number of amides is 1. The Kier molecular flexibility index (Phi) is 6.73. The van der Waals surface area contributed by atoms with Gasteiger partial charge >= 0.3 is 6.09 Å². The van der Waals surface area contributed by atoms with Crippen molar-refractivity contribution in [2.24, 2.45) is 0 Å². The minimum Gasteiger partial charge on any atom is -0.465 e. The number of benzene rings is 1. The number of fused-ring (bicyclic) bond motifs is 1. The van der Waals surface area contributed by atoms with Gasteiger partial charge in [-0.25, -0.2) is 9.78 Å². The van der Waals surface area contributed by atoms with Crippen molar-refractivity contribution in [2.75, 3.05) is 42.3 Å². The van der Waals surface area contributed by atoms with Gasteiger partial charge in [-0.05, 0) is 19.1 Å². The van der Waals surface area contributed by atoms with E-state index in [0.717, 1.165) is 0 Å². The first-order chi connectivity index (χ1) is 16.9. The van der Waals surface area contributed by atoms with E-state index in [1.165, 1.54) is 17.8 Å². The molecule has 2 atom stereocenters. The first kappa shape index (κ1) is 23.8. The van der Waals surface area contributed by atoms with Gasteiger partial charge in [0.2, 0.25) is 5.95 Å². The van der Waals surface area contributed by atoms with Crippen LogP contribution in [0.2, 0.25) is 5.02 Å². The fourth-order valence-electron chi connectivity index (χ4n) is 3.92. The summed E-state index contributed by atoms with van der Waals surface area (Å²) in [6, 6.07) is 6.85. The highest BCUT2D eigenvalue weighted by atomic mass is 35.5. The summed E-state index contributed by atoms with van der Waals surface area (Å²) in [5.41, 5.74) is 1.83. The highest BCUT2D eigenvalue weighted by molar-refractivity contribution is 6.36. The quantitative estimate of drug-likeness (QED) is 0.376. The van der Waals surface area contributed by atoms with Crippen molar-refractivity contribution in [1.82, 2.24) is 24.9 Å². The van der Waals surface area contributed by atoms with Crippen LogP contribution >= 0.6 is 11.6 Å². The first-order valence-electron chi connectivity index (χ1n) is 10.6. The summed E-state index contributed by atoms with van der Waals surface area (Å²) < 4.78 is 6.80. The monoisotopic (exact) mass is 496 g/mol. The van der Waals surface area contributed by atoms with Crippen molar-refractivity contribution >= 4 is 46.5 Å². The van der Waals surface area contributed by atoms with Gasteiger partial charge in [-0.15, -0.1) is 5.10 Å². The number of anilines is 4. The van der Waals surface area contributed by atoms with Gasteiger partial charge in [-0.1, -0.05) is 11.6 Å². The second kappa shape index (κ2) is 9.89. The molecule has 1 aliphatic rings. The van der Waals surface area contributed by atoms with Crippen LogP contribution in [0.15, 0.2) is 18.3 Å². The fraction of sp³-hybridized carbons (Fsp3) is 0.333. The summed E-state index contributed by atoms with van der Waals surface area (Å²) in [6.45, 7) is 3.13. The van der Waals surface area contributed by atoms with Gasteiger partial charge in [0, 0.05) is 26.7 Å². The molecule has 35 heavy (non-hydrogen) atoms. The third kappa shape index (κ3) is 4.68. The Labute approximate surface area is 204 Å². The summed E-state index contributed by atoms with van der Waals surface area (Å²) in [4.78, 5) is 21.7. The molecule has 3 aromatic rings. The van der Waals surface area contributed by atoms with E-state index in [4.69, 9.17) is 21.4 Å². The number of nitriles is 2. The predicted octanol–water partition coefficient (Wildman–Crippen LogP) is 2.17. The highest BCUT2D eigenvalue weighted by Crippen LogP contribution is 2.37. The topological polar surface area (TPSA) is 177 Å². The molecule has 180 valence electrons. The van der Waals surface area contributed by atoms with Crippen molar-refractivity contribution in [3.63, 3.8) is 0 Å². The summed E-state index contributed by atoms with van der Waals surface area (Å²) >= 11 is 6.73. The maximum absolute atomic E-state index is 11.2. The van der Waals surface area contributed by atoms with Crippen LogP contribution in [-0.2, 0) is 4.74 Å². The molecule has 1 aromatic carbocycles. The minimum atomic E-state index is -1.15. The van der Waals surface area contributed by atoms with Crippen molar-refractivity contribution < 1.29 is 14.6 Å². The Morgan fingerprint density at radius 3 is 2.80 bits per heavy atom. The van der Waals surface area contributed by atoms with Crippen LogP contribution in [0.4, 0.5) is 27.9 Å². The number of halogens is 1. The summed E-state index contributed by atoms with van der Waals surface area (Å²) in [7, 11) is 1.51. The number of imidazole rings is 1. The smallest absolute Gasteiger partial charge is 0.405 e. The minimum absolute atomic E-state index is 0.132. The molecule has 3 heterocycles. The Bertz CT molecular complexity index is 1360.